The molecule has 4 nitrogen and oxygen atoms in total. The molecule has 2 N–H and O–H groups in total. The highest BCUT2D eigenvalue weighted by Gasteiger charge is 2.14. The number of nitrogens with one attached hydrogen (secondary N) is 2. The summed E-state index contributed by atoms with van der Waals surface area (Å²) in [6.07, 6.45) is 9.75. The molecule has 0 aromatic heterocycles. The van der Waals surface area contributed by atoms with Gasteiger partial charge in [-0.3, -0.25) is 4.79 Å². The van der Waals surface area contributed by atoms with Crippen LogP contribution in [0.3, 0.4) is 0 Å². The van der Waals surface area contributed by atoms with E-state index < -0.39 is 0 Å². The smallest absolute Gasteiger partial charge is 0.263 e. The van der Waals surface area contributed by atoms with Crippen molar-refractivity contribution >= 4 is 5.91 Å². The zero-order valence-electron chi connectivity index (χ0n) is 12.0. The molecule has 1 saturated carbocycles. The number of hydrogen-bond donors (Lipinski definition) is 2. The first-order valence-electron chi connectivity index (χ1n) is 7.34. The van der Waals surface area contributed by atoms with Gasteiger partial charge >= 0.3 is 0 Å². The second-order valence-corrected chi connectivity index (χ2v) is 5.31. The summed E-state index contributed by atoms with van der Waals surface area (Å²) in [5, 5.41) is 15.1. The maximum atomic E-state index is 11.8. The fourth-order valence-corrected chi connectivity index (χ4v) is 2.20. The molecule has 0 aromatic rings. The summed E-state index contributed by atoms with van der Waals surface area (Å²) in [5.41, 5.74) is 0.171. The molecule has 1 unspecified atom stereocenters. The van der Waals surface area contributed by atoms with Crippen molar-refractivity contribution in [1.29, 1.82) is 5.26 Å². The summed E-state index contributed by atoms with van der Waals surface area (Å²) in [5.74, 6) is -0.280. The van der Waals surface area contributed by atoms with Crippen LogP contribution < -0.4 is 10.6 Å². The first kappa shape index (κ1) is 15.6. The van der Waals surface area contributed by atoms with Gasteiger partial charge in [-0.15, -0.1) is 0 Å². The fourth-order valence-electron chi connectivity index (χ4n) is 2.20. The first-order valence-corrected chi connectivity index (χ1v) is 7.34. The van der Waals surface area contributed by atoms with Crippen molar-refractivity contribution in [3.63, 3.8) is 0 Å². The van der Waals surface area contributed by atoms with E-state index in [9.17, 15) is 4.79 Å². The molecule has 1 atom stereocenters. The molecular weight excluding hydrogens is 238 g/mol. The normalized spacial score (nSPS) is 19.1. The summed E-state index contributed by atoms with van der Waals surface area (Å²) in [7, 11) is 0. The summed E-state index contributed by atoms with van der Waals surface area (Å²) >= 11 is 0. The van der Waals surface area contributed by atoms with E-state index in [1.54, 1.807) is 6.20 Å². The molecule has 0 saturated heterocycles. The molecule has 1 fully saturated rings. The van der Waals surface area contributed by atoms with Crippen LogP contribution in [0.1, 0.15) is 58.8 Å². The van der Waals surface area contributed by atoms with Crippen LogP contribution in [-0.4, -0.2) is 18.0 Å². The van der Waals surface area contributed by atoms with Gasteiger partial charge < -0.3 is 10.6 Å². The van der Waals surface area contributed by atoms with Crippen LogP contribution >= 0.6 is 0 Å². The Bertz CT molecular complexity index is 349. The Labute approximate surface area is 116 Å². The van der Waals surface area contributed by atoms with Crippen LogP contribution in [0.15, 0.2) is 11.8 Å². The number of amides is 1. The molecule has 0 bridgehead atoms. The second-order valence-electron chi connectivity index (χ2n) is 5.31. The van der Waals surface area contributed by atoms with Gasteiger partial charge in [0, 0.05) is 18.3 Å². The van der Waals surface area contributed by atoms with Gasteiger partial charge in [-0.2, -0.15) is 5.26 Å². The monoisotopic (exact) mass is 263 g/mol. The Balaban J connectivity index is 2.51. The predicted octanol–water partition coefficient (Wildman–Crippen LogP) is 2.62. The van der Waals surface area contributed by atoms with Crippen LogP contribution in [0.5, 0.6) is 0 Å². The van der Waals surface area contributed by atoms with Crippen LogP contribution in [-0.2, 0) is 4.79 Å². The molecule has 19 heavy (non-hydrogen) atoms. The van der Waals surface area contributed by atoms with Gasteiger partial charge in [0.2, 0.25) is 0 Å². The van der Waals surface area contributed by atoms with E-state index in [-0.39, 0.29) is 17.5 Å². The molecule has 4 heteroatoms. The van der Waals surface area contributed by atoms with Crippen molar-refractivity contribution in [3.05, 3.63) is 11.8 Å². The molecule has 1 aliphatic rings. The van der Waals surface area contributed by atoms with Crippen molar-refractivity contribution in [2.24, 2.45) is 0 Å². The molecule has 1 rings (SSSR count). The Morgan fingerprint density at radius 2 is 2.00 bits per heavy atom. The Morgan fingerprint density at radius 1 is 1.37 bits per heavy atom. The van der Waals surface area contributed by atoms with E-state index in [1.165, 1.54) is 25.7 Å². The number of nitrogens with zero attached hydrogens (tertiary/aromatic N) is 1. The zero-order valence-corrected chi connectivity index (χ0v) is 12.0. The maximum absolute atomic E-state index is 11.8. The number of nitriles is 1. The van der Waals surface area contributed by atoms with Crippen molar-refractivity contribution in [2.75, 3.05) is 0 Å². The van der Waals surface area contributed by atoms with Crippen molar-refractivity contribution in [1.82, 2.24) is 10.6 Å². The van der Waals surface area contributed by atoms with Gasteiger partial charge in [-0.1, -0.05) is 32.6 Å². The van der Waals surface area contributed by atoms with E-state index in [1.807, 2.05) is 19.9 Å². The minimum atomic E-state index is -0.280. The topological polar surface area (TPSA) is 64.9 Å². The van der Waals surface area contributed by atoms with Crippen molar-refractivity contribution < 1.29 is 4.79 Å². The van der Waals surface area contributed by atoms with Gasteiger partial charge in [-0.25, -0.2) is 0 Å². The van der Waals surface area contributed by atoms with E-state index >= 15 is 0 Å². The fraction of sp³-hybridized carbons (Fsp3) is 0.733. The molecule has 0 heterocycles. The molecular formula is C15H25N3O. The summed E-state index contributed by atoms with van der Waals surface area (Å²) in [6.45, 7) is 3.94. The SMILES string of the molecule is CCC(C)NC(=O)/C(C#N)=C\NC1CCCCCC1. The van der Waals surface area contributed by atoms with Gasteiger partial charge in [0.25, 0.3) is 5.91 Å². The average molecular weight is 263 g/mol. The highest BCUT2D eigenvalue weighted by atomic mass is 16.1. The second kappa shape index (κ2) is 8.58. The number of rotatable bonds is 5. The van der Waals surface area contributed by atoms with E-state index in [0.717, 1.165) is 19.3 Å². The molecule has 0 spiro atoms. The highest BCUT2D eigenvalue weighted by molar-refractivity contribution is 5.97. The minimum absolute atomic E-state index is 0.0992. The molecule has 1 aliphatic carbocycles. The minimum Gasteiger partial charge on any atom is -0.387 e. The van der Waals surface area contributed by atoms with Gasteiger partial charge in [0.1, 0.15) is 11.6 Å². The standard InChI is InChI=1S/C15H25N3O/c1-3-12(2)18-15(19)13(10-16)11-17-14-8-6-4-5-7-9-14/h11-12,14,17H,3-9H2,1-2H3,(H,18,19)/b13-11-. The van der Waals surface area contributed by atoms with Crippen LogP contribution in [0.4, 0.5) is 0 Å². The number of carbonyl (C=O) groups excluding carboxylic acids is 1. The van der Waals surface area contributed by atoms with Gasteiger partial charge in [-0.05, 0) is 26.2 Å². The summed E-state index contributed by atoms with van der Waals surface area (Å²) in [6, 6.07) is 2.48. The zero-order chi connectivity index (χ0) is 14.1. The van der Waals surface area contributed by atoms with Gasteiger partial charge in [0.15, 0.2) is 0 Å². The Kier molecular flexibility index (Phi) is 7.02. The van der Waals surface area contributed by atoms with Crippen molar-refractivity contribution in [2.45, 2.75) is 70.9 Å². The first-order chi connectivity index (χ1) is 9.17. The number of carbonyl (C=O) groups is 1. The lowest BCUT2D eigenvalue weighted by Gasteiger charge is -2.15. The van der Waals surface area contributed by atoms with E-state index in [2.05, 4.69) is 10.6 Å². The summed E-state index contributed by atoms with van der Waals surface area (Å²) in [4.78, 5) is 11.8. The van der Waals surface area contributed by atoms with E-state index in [0.29, 0.717) is 6.04 Å². The molecule has 1 amide bonds. The molecule has 0 radical (unpaired) electrons. The summed E-state index contributed by atoms with van der Waals surface area (Å²) < 4.78 is 0. The highest BCUT2D eigenvalue weighted by Crippen LogP contribution is 2.17. The van der Waals surface area contributed by atoms with Crippen molar-refractivity contribution in [3.8, 4) is 6.07 Å². The third-order valence-corrected chi connectivity index (χ3v) is 3.67. The lowest BCUT2D eigenvalue weighted by atomic mass is 10.1. The number of hydrogen-bond acceptors (Lipinski definition) is 3. The quantitative estimate of drug-likeness (QED) is 0.455. The Hall–Kier alpha value is -1.50. The third kappa shape index (κ3) is 5.78. The van der Waals surface area contributed by atoms with Gasteiger partial charge in [0.05, 0.1) is 0 Å². The molecule has 0 aromatic carbocycles. The molecule has 0 aliphatic heterocycles. The third-order valence-electron chi connectivity index (χ3n) is 3.67. The predicted molar refractivity (Wildman–Crippen MR) is 76.2 cm³/mol. The molecule has 106 valence electrons. The average Bonchev–Trinajstić information content (AvgIpc) is 2.68. The lowest BCUT2D eigenvalue weighted by molar-refractivity contribution is -0.117. The Morgan fingerprint density at radius 3 is 2.53 bits per heavy atom. The van der Waals surface area contributed by atoms with Crippen LogP contribution in [0.25, 0.3) is 0 Å². The van der Waals surface area contributed by atoms with Crippen LogP contribution in [0, 0.1) is 11.3 Å². The maximum Gasteiger partial charge on any atom is 0.263 e. The van der Waals surface area contributed by atoms with Crippen LogP contribution in [0.2, 0.25) is 0 Å². The lowest BCUT2D eigenvalue weighted by Crippen LogP contribution is -2.34. The largest absolute Gasteiger partial charge is 0.387 e. The van der Waals surface area contributed by atoms with E-state index in [4.69, 9.17) is 5.26 Å².